The van der Waals surface area contributed by atoms with Gasteiger partial charge in [-0.15, -0.1) is 0 Å². The second-order valence-corrected chi connectivity index (χ2v) is 3.54. The lowest BCUT2D eigenvalue weighted by atomic mass is 10.3. The molecule has 0 radical (unpaired) electrons. The number of hydrogen-bond donors (Lipinski definition) is 1. The van der Waals surface area contributed by atoms with E-state index in [1.807, 2.05) is 0 Å². The molecule has 1 N–H and O–H groups in total. The molecule has 0 spiro atoms. The smallest absolute Gasteiger partial charge is 0.239 e. The summed E-state index contributed by atoms with van der Waals surface area (Å²) in [5.41, 5.74) is 0.611. The van der Waals surface area contributed by atoms with Gasteiger partial charge in [-0.1, -0.05) is 0 Å². The Bertz CT molecular complexity index is 373. The zero-order chi connectivity index (χ0) is 12.7. The molecule has 0 aliphatic carbocycles. The van der Waals surface area contributed by atoms with Crippen LogP contribution >= 0.6 is 0 Å². The van der Waals surface area contributed by atoms with Crippen molar-refractivity contribution in [2.45, 2.75) is 0 Å². The Hall–Kier alpha value is -1.69. The molecule has 0 aliphatic rings. The first kappa shape index (κ1) is 13.4. The first-order valence-electron chi connectivity index (χ1n) is 5.22. The maximum Gasteiger partial charge on any atom is 0.239 e. The van der Waals surface area contributed by atoms with Crippen molar-refractivity contribution >= 4 is 11.6 Å². The van der Waals surface area contributed by atoms with Crippen LogP contribution in [-0.2, 0) is 9.53 Å². The standard InChI is InChI=1S/C11H16FN3O2/c1-15(8-11(16)14-5-6-17-2)9-3-4-13-10(12)7-9/h3-4,7H,5-6,8H2,1-2H3,(H,14,16). The molecule has 1 rings (SSSR count). The van der Waals surface area contributed by atoms with Crippen molar-refractivity contribution in [1.82, 2.24) is 10.3 Å². The molecule has 0 atom stereocenters. The van der Waals surface area contributed by atoms with Crippen molar-refractivity contribution in [1.29, 1.82) is 0 Å². The van der Waals surface area contributed by atoms with E-state index in [0.717, 1.165) is 0 Å². The van der Waals surface area contributed by atoms with Crippen LogP contribution in [0.3, 0.4) is 0 Å². The maximum atomic E-state index is 12.9. The topological polar surface area (TPSA) is 54.5 Å². The van der Waals surface area contributed by atoms with Crippen molar-refractivity contribution in [3.05, 3.63) is 24.3 Å². The normalized spacial score (nSPS) is 10.1. The minimum atomic E-state index is -0.561. The number of anilines is 1. The summed E-state index contributed by atoms with van der Waals surface area (Å²) in [4.78, 5) is 16.6. The highest BCUT2D eigenvalue weighted by molar-refractivity contribution is 5.81. The molecule has 5 nitrogen and oxygen atoms in total. The van der Waals surface area contributed by atoms with Crippen LogP contribution < -0.4 is 10.2 Å². The highest BCUT2D eigenvalue weighted by atomic mass is 19.1. The predicted molar refractivity (Wildman–Crippen MR) is 62.4 cm³/mol. The third kappa shape index (κ3) is 4.78. The summed E-state index contributed by atoms with van der Waals surface area (Å²) < 4.78 is 17.7. The molecule has 0 saturated carbocycles. The van der Waals surface area contributed by atoms with E-state index in [1.165, 1.54) is 12.3 Å². The van der Waals surface area contributed by atoms with Gasteiger partial charge in [-0.3, -0.25) is 4.79 Å². The van der Waals surface area contributed by atoms with Crippen molar-refractivity contribution in [3.63, 3.8) is 0 Å². The van der Waals surface area contributed by atoms with E-state index in [9.17, 15) is 9.18 Å². The average Bonchev–Trinajstić information content (AvgIpc) is 2.29. The van der Waals surface area contributed by atoms with Gasteiger partial charge in [0, 0.05) is 38.7 Å². The highest BCUT2D eigenvalue weighted by Crippen LogP contribution is 2.11. The SMILES string of the molecule is COCCNC(=O)CN(C)c1ccnc(F)c1. The number of likely N-dealkylation sites (N-methyl/N-ethyl adjacent to an activating group) is 1. The number of halogens is 1. The first-order valence-corrected chi connectivity index (χ1v) is 5.22. The number of hydrogen-bond acceptors (Lipinski definition) is 4. The summed E-state index contributed by atoms with van der Waals surface area (Å²) in [7, 11) is 3.28. The van der Waals surface area contributed by atoms with E-state index in [1.54, 1.807) is 25.1 Å². The fourth-order valence-corrected chi connectivity index (χ4v) is 1.28. The summed E-state index contributed by atoms with van der Waals surface area (Å²) in [6.45, 7) is 1.10. The average molecular weight is 241 g/mol. The minimum absolute atomic E-state index is 0.137. The van der Waals surface area contributed by atoms with Crippen molar-refractivity contribution in [3.8, 4) is 0 Å². The van der Waals surface area contributed by atoms with Gasteiger partial charge in [0.1, 0.15) is 0 Å². The lowest BCUT2D eigenvalue weighted by Gasteiger charge is -2.18. The van der Waals surface area contributed by atoms with Gasteiger partial charge in [-0.05, 0) is 6.07 Å². The molecule has 0 aliphatic heterocycles. The number of carbonyl (C=O) groups is 1. The highest BCUT2D eigenvalue weighted by Gasteiger charge is 2.07. The molecule has 1 amide bonds. The van der Waals surface area contributed by atoms with E-state index in [0.29, 0.717) is 18.8 Å². The van der Waals surface area contributed by atoms with Crippen LogP contribution in [0.4, 0.5) is 10.1 Å². The molecule has 0 fully saturated rings. The van der Waals surface area contributed by atoms with Gasteiger partial charge in [0.25, 0.3) is 0 Å². The third-order valence-electron chi connectivity index (χ3n) is 2.16. The molecule has 17 heavy (non-hydrogen) atoms. The fraction of sp³-hybridized carbons (Fsp3) is 0.455. The van der Waals surface area contributed by atoms with Gasteiger partial charge in [-0.2, -0.15) is 4.39 Å². The molecule has 1 heterocycles. The van der Waals surface area contributed by atoms with Crippen LogP contribution in [0.2, 0.25) is 0 Å². The van der Waals surface area contributed by atoms with Crippen LogP contribution in [0.5, 0.6) is 0 Å². The number of nitrogens with zero attached hydrogens (tertiary/aromatic N) is 2. The Labute approximate surface area is 99.6 Å². The van der Waals surface area contributed by atoms with Crippen LogP contribution in [0.1, 0.15) is 0 Å². The minimum Gasteiger partial charge on any atom is -0.383 e. The largest absolute Gasteiger partial charge is 0.383 e. The van der Waals surface area contributed by atoms with Gasteiger partial charge in [-0.25, -0.2) is 4.98 Å². The summed E-state index contributed by atoms with van der Waals surface area (Å²) in [6.07, 6.45) is 1.37. The van der Waals surface area contributed by atoms with Gasteiger partial charge in [0.05, 0.1) is 13.2 Å². The summed E-state index contributed by atoms with van der Waals surface area (Å²) in [6, 6.07) is 2.92. The number of rotatable bonds is 6. The maximum absolute atomic E-state index is 12.9. The Balaban J connectivity index is 2.43. The molecule has 1 aromatic rings. The quantitative estimate of drug-likeness (QED) is 0.579. The number of pyridine rings is 1. The molecule has 0 aromatic carbocycles. The fourth-order valence-electron chi connectivity index (χ4n) is 1.28. The predicted octanol–water partition coefficient (Wildman–Crippen LogP) is 0.419. The monoisotopic (exact) mass is 241 g/mol. The molecule has 0 saturated heterocycles. The van der Waals surface area contributed by atoms with Gasteiger partial charge >= 0.3 is 0 Å². The summed E-state index contributed by atoms with van der Waals surface area (Å²) >= 11 is 0. The van der Waals surface area contributed by atoms with E-state index >= 15 is 0 Å². The van der Waals surface area contributed by atoms with E-state index in [4.69, 9.17) is 4.74 Å². The van der Waals surface area contributed by atoms with Gasteiger partial charge in [0.2, 0.25) is 11.9 Å². The zero-order valence-corrected chi connectivity index (χ0v) is 9.94. The summed E-state index contributed by atoms with van der Waals surface area (Å²) in [5.74, 6) is -0.698. The van der Waals surface area contributed by atoms with Gasteiger partial charge in [0.15, 0.2) is 0 Å². The van der Waals surface area contributed by atoms with Crippen molar-refractivity contribution in [2.24, 2.45) is 0 Å². The zero-order valence-electron chi connectivity index (χ0n) is 9.94. The Morgan fingerprint density at radius 1 is 1.65 bits per heavy atom. The molecular weight excluding hydrogens is 225 g/mol. The number of methoxy groups -OCH3 is 1. The third-order valence-corrected chi connectivity index (χ3v) is 2.16. The van der Waals surface area contributed by atoms with E-state index < -0.39 is 5.95 Å². The molecule has 0 unspecified atom stereocenters. The number of nitrogens with one attached hydrogen (secondary N) is 1. The van der Waals surface area contributed by atoms with Crippen molar-refractivity contribution < 1.29 is 13.9 Å². The number of amides is 1. The number of ether oxygens (including phenoxy) is 1. The van der Waals surface area contributed by atoms with Crippen LogP contribution in [0, 0.1) is 5.95 Å². The Morgan fingerprint density at radius 3 is 3.06 bits per heavy atom. The van der Waals surface area contributed by atoms with Crippen LogP contribution in [-0.4, -0.2) is 44.7 Å². The molecule has 1 aromatic heterocycles. The lowest BCUT2D eigenvalue weighted by Crippen LogP contribution is -2.36. The molecular formula is C11H16FN3O2. The molecule has 0 bridgehead atoms. The van der Waals surface area contributed by atoms with Gasteiger partial charge < -0.3 is 15.0 Å². The van der Waals surface area contributed by atoms with Crippen LogP contribution in [0.15, 0.2) is 18.3 Å². The lowest BCUT2D eigenvalue weighted by molar-refractivity contribution is -0.119. The van der Waals surface area contributed by atoms with Crippen LogP contribution in [0.25, 0.3) is 0 Å². The second kappa shape index (κ2) is 6.80. The Morgan fingerprint density at radius 2 is 2.41 bits per heavy atom. The van der Waals surface area contributed by atoms with Crippen molar-refractivity contribution in [2.75, 3.05) is 38.8 Å². The first-order chi connectivity index (χ1) is 8.13. The van der Waals surface area contributed by atoms with E-state index in [-0.39, 0.29) is 12.5 Å². The number of carbonyl (C=O) groups excluding carboxylic acids is 1. The Kier molecular flexibility index (Phi) is 5.35. The summed E-state index contributed by atoms with van der Waals surface area (Å²) in [5, 5.41) is 2.68. The van der Waals surface area contributed by atoms with E-state index in [2.05, 4.69) is 10.3 Å². The number of aromatic nitrogens is 1. The molecule has 6 heteroatoms. The second-order valence-electron chi connectivity index (χ2n) is 3.54. The molecule has 94 valence electrons.